The molecule has 5 nitrogen and oxygen atoms in total. The third-order valence-electron chi connectivity index (χ3n) is 4.34. The lowest BCUT2D eigenvalue weighted by atomic mass is 9.98. The Morgan fingerprint density at radius 2 is 1.96 bits per heavy atom. The maximum absolute atomic E-state index is 10.7. The van der Waals surface area contributed by atoms with Crippen LogP contribution in [0.3, 0.4) is 0 Å². The van der Waals surface area contributed by atoms with Crippen LogP contribution < -0.4 is 4.74 Å². The summed E-state index contributed by atoms with van der Waals surface area (Å²) in [6, 6.07) is 15.8. The quantitative estimate of drug-likeness (QED) is 0.608. The molecule has 1 atom stereocenters. The van der Waals surface area contributed by atoms with Gasteiger partial charge in [0.2, 0.25) is 0 Å². The largest absolute Gasteiger partial charge is 0.479 e. The van der Waals surface area contributed by atoms with Gasteiger partial charge < -0.3 is 19.0 Å². The summed E-state index contributed by atoms with van der Waals surface area (Å²) >= 11 is 0. The van der Waals surface area contributed by atoms with Crippen LogP contribution in [0.4, 0.5) is 0 Å². The molecule has 0 saturated carbocycles. The van der Waals surface area contributed by atoms with Crippen LogP contribution in [0, 0.1) is 0 Å². The van der Waals surface area contributed by atoms with Crippen molar-refractivity contribution in [1.82, 2.24) is 0 Å². The molecular formula is C21H22O5. The van der Waals surface area contributed by atoms with Crippen molar-refractivity contribution in [1.29, 1.82) is 0 Å². The highest BCUT2D eigenvalue weighted by Gasteiger charge is 2.13. The van der Waals surface area contributed by atoms with Crippen LogP contribution in [0.25, 0.3) is 11.0 Å². The van der Waals surface area contributed by atoms with Crippen LogP contribution in [0.15, 0.2) is 59.2 Å². The maximum Gasteiger partial charge on any atom is 0.341 e. The number of hydrogen-bond donors (Lipinski definition) is 1. The molecule has 1 aromatic heterocycles. The Morgan fingerprint density at radius 3 is 2.69 bits per heavy atom. The Bertz CT molecular complexity index is 853. The van der Waals surface area contributed by atoms with E-state index in [9.17, 15) is 4.79 Å². The standard InChI is InChI=1S/C21H22O5/c1-2-15(16-7-4-3-5-8-16)11-24-12-17-13-26-21-18(17)9-6-10-19(21)25-14-20(22)23/h3-10,13,15H,2,11-12,14H2,1H3,(H,22,23)/t15-/m0/s1. The van der Waals surface area contributed by atoms with Crippen molar-refractivity contribution in [3.8, 4) is 5.75 Å². The van der Waals surface area contributed by atoms with Crippen LogP contribution in [-0.4, -0.2) is 24.3 Å². The van der Waals surface area contributed by atoms with Crippen molar-refractivity contribution in [2.75, 3.05) is 13.2 Å². The van der Waals surface area contributed by atoms with Crippen molar-refractivity contribution >= 4 is 16.9 Å². The molecule has 0 unspecified atom stereocenters. The van der Waals surface area contributed by atoms with Crippen LogP contribution in [0.2, 0.25) is 0 Å². The normalized spacial score (nSPS) is 12.2. The van der Waals surface area contributed by atoms with E-state index in [1.165, 1.54) is 5.56 Å². The van der Waals surface area contributed by atoms with Gasteiger partial charge in [-0.1, -0.05) is 49.4 Å². The average Bonchev–Trinajstić information content (AvgIpc) is 3.08. The van der Waals surface area contributed by atoms with Crippen molar-refractivity contribution in [2.45, 2.75) is 25.9 Å². The fourth-order valence-corrected chi connectivity index (χ4v) is 2.93. The van der Waals surface area contributed by atoms with Gasteiger partial charge in [-0.2, -0.15) is 0 Å². The zero-order chi connectivity index (χ0) is 18.4. The highest BCUT2D eigenvalue weighted by molar-refractivity contribution is 5.86. The van der Waals surface area contributed by atoms with Gasteiger partial charge in [0.05, 0.1) is 19.5 Å². The zero-order valence-corrected chi connectivity index (χ0v) is 14.7. The highest BCUT2D eigenvalue weighted by atomic mass is 16.5. The Balaban J connectivity index is 1.66. The van der Waals surface area contributed by atoms with Gasteiger partial charge >= 0.3 is 5.97 Å². The Kier molecular flexibility index (Phi) is 5.92. The minimum absolute atomic E-state index is 0.351. The van der Waals surface area contributed by atoms with Crippen molar-refractivity contribution in [2.24, 2.45) is 0 Å². The molecule has 0 radical (unpaired) electrons. The first-order valence-corrected chi connectivity index (χ1v) is 8.65. The van der Waals surface area contributed by atoms with Gasteiger partial charge in [-0.25, -0.2) is 4.79 Å². The molecule has 0 fully saturated rings. The number of aliphatic carboxylic acids is 1. The smallest absolute Gasteiger partial charge is 0.341 e. The third kappa shape index (κ3) is 4.24. The molecular weight excluding hydrogens is 332 g/mol. The third-order valence-corrected chi connectivity index (χ3v) is 4.34. The molecule has 0 saturated heterocycles. The fraction of sp³-hybridized carbons (Fsp3) is 0.286. The zero-order valence-electron chi connectivity index (χ0n) is 14.7. The predicted molar refractivity (Wildman–Crippen MR) is 98.5 cm³/mol. The van der Waals surface area contributed by atoms with E-state index < -0.39 is 12.6 Å². The SMILES string of the molecule is CC[C@@H](COCc1coc2c(OCC(=O)O)cccc12)c1ccccc1. The number of benzene rings is 2. The van der Waals surface area contributed by atoms with Crippen LogP contribution in [0.1, 0.15) is 30.4 Å². The lowest BCUT2D eigenvalue weighted by Gasteiger charge is -2.15. The second kappa shape index (κ2) is 8.54. The summed E-state index contributed by atoms with van der Waals surface area (Å²) in [5, 5.41) is 9.64. The predicted octanol–water partition coefficient (Wildman–Crippen LogP) is 4.61. The molecule has 2 aromatic carbocycles. The molecule has 3 rings (SSSR count). The van der Waals surface area contributed by atoms with E-state index in [1.807, 2.05) is 30.3 Å². The van der Waals surface area contributed by atoms with Crippen molar-refractivity contribution in [3.63, 3.8) is 0 Å². The molecule has 0 amide bonds. The van der Waals surface area contributed by atoms with E-state index in [2.05, 4.69) is 19.1 Å². The van der Waals surface area contributed by atoms with Gasteiger partial charge in [0.25, 0.3) is 0 Å². The number of rotatable bonds is 9. The second-order valence-corrected chi connectivity index (χ2v) is 6.11. The van der Waals surface area contributed by atoms with Crippen LogP contribution >= 0.6 is 0 Å². The topological polar surface area (TPSA) is 68.9 Å². The maximum atomic E-state index is 10.7. The average molecular weight is 354 g/mol. The van der Waals surface area contributed by atoms with E-state index in [-0.39, 0.29) is 0 Å². The summed E-state index contributed by atoms with van der Waals surface area (Å²) in [6.07, 6.45) is 2.64. The summed E-state index contributed by atoms with van der Waals surface area (Å²) in [6.45, 7) is 2.81. The Labute approximate surface area is 152 Å². The minimum Gasteiger partial charge on any atom is -0.479 e. The summed E-state index contributed by atoms with van der Waals surface area (Å²) in [4.78, 5) is 10.7. The van der Waals surface area contributed by atoms with Gasteiger partial charge in [-0.15, -0.1) is 0 Å². The summed E-state index contributed by atoms with van der Waals surface area (Å²) in [5.74, 6) is -0.251. The van der Waals surface area contributed by atoms with E-state index in [0.717, 1.165) is 17.4 Å². The van der Waals surface area contributed by atoms with Crippen molar-refractivity contribution < 1.29 is 23.8 Å². The number of ether oxygens (including phenoxy) is 2. The summed E-state index contributed by atoms with van der Waals surface area (Å²) in [7, 11) is 0. The number of para-hydroxylation sites is 1. The van der Waals surface area contributed by atoms with E-state index in [1.54, 1.807) is 12.3 Å². The van der Waals surface area contributed by atoms with Crippen LogP contribution in [-0.2, 0) is 16.1 Å². The number of hydrogen-bond acceptors (Lipinski definition) is 4. The molecule has 0 bridgehead atoms. The van der Waals surface area contributed by atoms with E-state index in [4.69, 9.17) is 19.0 Å². The molecule has 1 heterocycles. The van der Waals surface area contributed by atoms with Gasteiger partial charge in [0.15, 0.2) is 17.9 Å². The van der Waals surface area contributed by atoms with Gasteiger partial charge in [-0.05, 0) is 18.1 Å². The van der Waals surface area contributed by atoms with E-state index in [0.29, 0.717) is 30.5 Å². The first-order valence-electron chi connectivity index (χ1n) is 8.65. The second-order valence-electron chi connectivity index (χ2n) is 6.11. The highest BCUT2D eigenvalue weighted by Crippen LogP contribution is 2.30. The molecule has 136 valence electrons. The molecule has 5 heteroatoms. The Hall–Kier alpha value is -2.79. The molecule has 0 aliphatic carbocycles. The van der Waals surface area contributed by atoms with Crippen LogP contribution in [0.5, 0.6) is 5.75 Å². The number of furan rings is 1. The monoisotopic (exact) mass is 354 g/mol. The van der Waals surface area contributed by atoms with Gasteiger partial charge in [0, 0.05) is 16.9 Å². The number of carboxylic acids is 1. The fourth-order valence-electron chi connectivity index (χ4n) is 2.93. The molecule has 0 spiro atoms. The number of carbonyl (C=O) groups is 1. The van der Waals surface area contributed by atoms with Gasteiger partial charge in [0.1, 0.15) is 0 Å². The molecule has 1 N–H and O–H groups in total. The first kappa shape index (κ1) is 18.0. The van der Waals surface area contributed by atoms with Gasteiger partial charge in [-0.3, -0.25) is 0 Å². The molecule has 26 heavy (non-hydrogen) atoms. The van der Waals surface area contributed by atoms with Crippen molar-refractivity contribution in [3.05, 3.63) is 65.9 Å². The molecule has 3 aromatic rings. The molecule has 0 aliphatic heterocycles. The summed E-state index contributed by atoms with van der Waals surface area (Å²) < 4.78 is 16.8. The first-order chi connectivity index (χ1) is 12.7. The molecule has 0 aliphatic rings. The Morgan fingerprint density at radius 1 is 1.15 bits per heavy atom. The lowest BCUT2D eigenvalue weighted by Crippen LogP contribution is -2.09. The summed E-state index contributed by atoms with van der Waals surface area (Å²) in [5.41, 5.74) is 2.74. The van der Waals surface area contributed by atoms with E-state index >= 15 is 0 Å². The number of carboxylic acid groups (broad SMARTS) is 1. The minimum atomic E-state index is -1.02. The lowest BCUT2D eigenvalue weighted by molar-refractivity contribution is -0.139. The number of fused-ring (bicyclic) bond motifs is 1.